The predicted molar refractivity (Wildman–Crippen MR) is 111 cm³/mol. The molecule has 1 aromatic heterocycles. The SMILES string of the molecule is Cn1cc2c(c1C(=O)Nc1ccc(F)c(C#N)c1)OC[C@H]([C@@H](O)C#CC1CC1)NS2(=O)=O. The second-order valence-corrected chi connectivity index (χ2v) is 9.27. The van der Waals surface area contributed by atoms with E-state index in [2.05, 4.69) is 21.9 Å². The highest BCUT2D eigenvalue weighted by Gasteiger charge is 2.36. The Hall–Kier alpha value is -3.38. The number of aliphatic hydroxyl groups excluding tert-OH is 1. The van der Waals surface area contributed by atoms with Crippen LogP contribution in [0.25, 0.3) is 0 Å². The fraction of sp³-hybridized carbons (Fsp3) is 0.333. The van der Waals surface area contributed by atoms with E-state index in [-0.39, 0.29) is 40.1 Å². The number of amides is 1. The molecule has 2 aliphatic rings. The minimum atomic E-state index is -4.12. The third kappa shape index (κ3) is 4.32. The number of ether oxygens (including phenoxy) is 1. The first-order valence-electron chi connectivity index (χ1n) is 9.74. The van der Waals surface area contributed by atoms with Crippen LogP contribution in [-0.4, -0.2) is 42.8 Å². The number of rotatable bonds is 3. The summed E-state index contributed by atoms with van der Waals surface area (Å²) in [5.74, 6) is 4.15. The van der Waals surface area contributed by atoms with Gasteiger partial charge in [0, 0.05) is 24.8 Å². The van der Waals surface area contributed by atoms with Crippen LogP contribution < -0.4 is 14.8 Å². The molecule has 0 radical (unpaired) electrons. The van der Waals surface area contributed by atoms with Gasteiger partial charge < -0.3 is 19.7 Å². The maximum atomic E-state index is 13.5. The zero-order valence-corrected chi connectivity index (χ0v) is 17.7. The van der Waals surface area contributed by atoms with Gasteiger partial charge in [-0.15, -0.1) is 0 Å². The molecular formula is C21H19FN4O5S. The lowest BCUT2D eigenvalue weighted by Crippen LogP contribution is -2.45. The minimum Gasteiger partial charge on any atom is -0.488 e. The van der Waals surface area contributed by atoms with Crippen molar-refractivity contribution in [1.82, 2.24) is 9.29 Å². The van der Waals surface area contributed by atoms with Gasteiger partial charge in [-0.05, 0) is 31.0 Å². The van der Waals surface area contributed by atoms with Crippen molar-refractivity contribution in [2.24, 2.45) is 13.0 Å². The molecule has 0 unspecified atom stereocenters. The molecule has 0 saturated heterocycles. The largest absolute Gasteiger partial charge is 0.488 e. The Balaban J connectivity index is 1.61. The van der Waals surface area contributed by atoms with E-state index in [9.17, 15) is 22.7 Å². The summed E-state index contributed by atoms with van der Waals surface area (Å²) < 4.78 is 48.6. The fourth-order valence-electron chi connectivity index (χ4n) is 3.21. The number of carbonyl (C=O) groups is 1. The monoisotopic (exact) mass is 458 g/mol. The van der Waals surface area contributed by atoms with Crippen molar-refractivity contribution in [2.75, 3.05) is 11.9 Å². The molecule has 1 fully saturated rings. The molecule has 1 saturated carbocycles. The second kappa shape index (κ2) is 8.28. The summed E-state index contributed by atoms with van der Waals surface area (Å²) in [4.78, 5) is 12.6. The normalized spacial score (nSPS) is 19.9. The number of fused-ring (bicyclic) bond motifs is 1. The van der Waals surface area contributed by atoms with Crippen LogP contribution in [0.2, 0.25) is 0 Å². The van der Waals surface area contributed by atoms with Crippen LogP contribution in [0.4, 0.5) is 10.1 Å². The lowest BCUT2D eigenvalue weighted by molar-refractivity contribution is 0.101. The number of nitriles is 1. The summed E-state index contributed by atoms with van der Waals surface area (Å²) in [5, 5.41) is 21.8. The Morgan fingerprint density at radius 3 is 2.88 bits per heavy atom. The molecule has 2 heterocycles. The van der Waals surface area contributed by atoms with E-state index in [1.165, 1.54) is 29.9 Å². The van der Waals surface area contributed by atoms with Gasteiger partial charge >= 0.3 is 0 Å². The van der Waals surface area contributed by atoms with Crippen LogP contribution >= 0.6 is 0 Å². The molecule has 0 bridgehead atoms. The van der Waals surface area contributed by atoms with Crippen LogP contribution in [0, 0.1) is 34.9 Å². The van der Waals surface area contributed by atoms with Gasteiger partial charge in [0.2, 0.25) is 10.0 Å². The zero-order valence-electron chi connectivity index (χ0n) is 16.9. The number of aliphatic hydroxyl groups is 1. The van der Waals surface area contributed by atoms with Crippen molar-refractivity contribution in [3.63, 3.8) is 0 Å². The van der Waals surface area contributed by atoms with Crippen LogP contribution in [0.1, 0.15) is 28.9 Å². The van der Waals surface area contributed by atoms with Gasteiger partial charge in [0.25, 0.3) is 5.91 Å². The summed E-state index contributed by atoms with van der Waals surface area (Å²) >= 11 is 0. The second-order valence-electron chi connectivity index (χ2n) is 7.59. The summed E-state index contributed by atoms with van der Waals surface area (Å²) in [7, 11) is -2.64. The number of carbonyl (C=O) groups excluding carboxylic acids is 1. The van der Waals surface area contributed by atoms with Crippen molar-refractivity contribution < 1.29 is 27.4 Å². The molecule has 1 amide bonds. The average molecular weight is 458 g/mol. The Kier molecular flexibility index (Phi) is 5.65. The van der Waals surface area contributed by atoms with Gasteiger partial charge in [-0.1, -0.05) is 11.8 Å². The standard InChI is InChI=1S/C21H19FN4O5S/c1-26-10-18-20(19(26)21(28)24-14-5-6-15(22)13(8-14)9-23)31-11-16(25-32(18,29)30)17(27)7-4-12-2-3-12/h5-6,8,10,12,16-17,25,27H,2-3,11H2,1H3,(H,24,28)/t16-,17+/m1/s1. The summed E-state index contributed by atoms with van der Waals surface area (Å²) in [6, 6.07) is 4.15. The Morgan fingerprint density at radius 2 is 2.19 bits per heavy atom. The first-order chi connectivity index (χ1) is 15.2. The quantitative estimate of drug-likeness (QED) is 0.590. The van der Waals surface area contributed by atoms with Crippen molar-refractivity contribution in [2.45, 2.75) is 29.9 Å². The zero-order chi connectivity index (χ0) is 23.0. The maximum Gasteiger partial charge on any atom is 0.276 e. The van der Waals surface area contributed by atoms with Crippen LogP contribution in [0.15, 0.2) is 29.3 Å². The number of hydrogen-bond acceptors (Lipinski definition) is 6. The van der Waals surface area contributed by atoms with Gasteiger partial charge in [-0.3, -0.25) is 4.79 Å². The Labute approximate surface area is 183 Å². The predicted octanol–water partition coefficient (Wildman–Crippen LogP) is 1.10. The number of sulfonamides is 1. The van der Waals surface area contributed by atoms with E-state index in [1.54, 1.807) is 6.07 Å². The highest BCUT2D eigenvalue weighted by atomic mass is 32.2. The number of hydrogen-bond donors (Lipinski definition) is 3. The molecule has 9 nitrogen and oxygen atoms in total. The molecule has 166 valence electrons. The average Bonchev–Trinajstić information content (AvgIpc) is 3.52. The highest BCUT2D eigenvalue weighted by molar-refractivity contribution is 7.89. The Bertz CT molecular complexity index is 1300. The van der Waals surface area contributed by atoms with Crippen molar-refractivity contribution in [1.29, 1.82) is 5.26 Å². The van der Waals surface area contributed by atoms with Crippen LogP contribution in [0.3, 0.4) is 0 Å². The van der Waals surface area contributed by atoms with E-state index in [0.29, 0.717) is 0 Å². The smallest absolute Gasteiger partial charge is 0.276 e. The maximum absolute atomic E-state index is 13.5. The molecule has 4 rings (SSSR count). The van der Waals surface area contributed by atoms with E-state index in [4.69, 9.17) is 10.00 Å². The molecule has 0 spiro atoms. The topological polar surface area (TPSA) is 133 Å². The van der Waals surface area contributed by atoms with Gasteiger partial charge in [-0.25, -0.2) is 17.5 Å². The van der Waals surface area contributed by atoms with Crippen LogP contribution in [-0.2, 0) is 17.1 Å². The summed E-state index contributed by atoms with van der Waals surface area (Å²) in [5.41, 5.74) is -0.186. The molecule has 2 aromatic rings. The fourth-order valence-corrected chi connectivity index (χ4v) is 4.63. The number of halogens is 1. The van der Waals surface area contributed by atoms with Gasteiger partial charge in [0.1, 0.15) is 29.5 Å². The van der Waals surface area contributed by atoms with E-state index < -0.39 is 33.9 Å². The molecule has 1 aliphatic heterocycles. The number of benzene rings is 1. The van der Waals surface area contributed by atoms with Gasteiger partial charge in [-0.2, -0.15) is 5.26 Å². The molecule has 1 aliphatic carbocycles. The molecule has 1 aromatic carbocycles. The van der Waals surface area contributed by atoms with E-state index in [1.807, 2.05) is 0 Å². The minimum absolute atomic E-state index is 0.0904. The number of anilines is 1. The molecule has 3 N–H and O–H groups in total. The third-order valence-corrected chi connectivity index (χ3v) is 6.54. The van der Waals surface area contributed by atoms with Gasteiger partial charge in [0.15, 0.2) is 11.4 Å². The van der Waals surface area contributed by atoms with E-state index >= 15 is 0 Å². The molecule has 11 heteroatoms. The summed E-state index contributed by atoms with van der Waals surface area (Å²) in [6.07, 6.45) is 1.87. The number of nitrogens with one attached hydrogen (secondary N) is 2. The lowest BCUT2D eigenvalue weighted by atomic mass is 10.2. The molecule has 32 heavy (non-hydrogen) atoms. The van der Waals surface area contributed by atoms with Crippen molar-refractivity contribution >= 4 is 21.6 Å². The number of aromatic nitrogens is 1. The third-order valence-electron chi connectivity index (χ3n) is 5.06. The van der Waals surface area contributed by atoms with E-state index in [0.717, 1.165) is 18.9 Å². The Morgan fingerprint density at radius 1 is 1.44 bits per heavy atom. The summed E-state index contributed by atoms with van der Waals surface area (Å²) in [6.45, 7) is -0.244. The number of aryl methyl sites for hydroxylation is 1. The highest BCUT2D eigenvalue weighted by Crippen LogP contribution is 2.33. The van der Waals surface area contributed by atoms with Crippen molar-refractivity contribution in [3.8, 4) is 23.7 Å². The first kappa shape index (κ1) is 21.8. The molecule has 2 atom stereocenters. The first-order valence-corrected chi connectivity index (χ1v) is 11.2. The van der Waals surface area contributed by atoms with Crippen LogP contribution in [0.5, 0.6) is 5.75 Å². The van der Waals surface area contributed by atoms with Gasteiger partial charge in [0.05, 0.1) is 11.6 Å². The van der Waals surface area contributed by atoms with Crippen molar-refractivity contribution in [3.05, 3.63) is 41.5 Å². The molecular weight excluding hydrogens is 439 g/mol. The number of nitrogens with zero attached hydrogens (tertiary/aromatic N) is 2. The lowest BCUT2D eigenvalue weighted by Gasteiger charge is -2.17.